The van der Waals surface area contributed by atoms with E-state index >= 15 is 0 Å². The summed E-state index contributed by atoms with van der Waals surface area (Å²) in [5.74, 6) is -0.860. The van der Waals surface area contributed by atoms with E-state index in [9.17, 15) is 9.59 Å². The smallest absolute Gasteiger partial charge is 0.338 e. The van der Waals surface area contributed by atoms with E-state index in [-0.39, 0.29) is 12.5 Å². The lowest BCUT2D eigenvalue weighted by Crippen LogP contribution is -2.21. The van der Waals surface area contributed by atoms with Crippen molar-refractivity contribution in [2.45, 2.75) is 18.7 Å². The number of esters is 1. The highest BCUT2D eigenvalue weighted by Gasteiger charge is 2.11. The first-order valence-electron chi connectivity index (χ1n) is 7.18. The van der Waals surface area contributed by atoms with Gasteiger partial charge in [0.1, 0.15) is 0 Å². The van der Waals surface area contributed by atoms with Crippen molar-refractivity contribution in [2.75, 3.05) is 18.2 Å². The Bertz CT molecular complexity index is 728. The molecule has 2 aromatic carbocycles. The summed E-state index contributed by atoms with van der Waals surface area (Å²) in [6, 6.07) is 12.8. The highest BCUT2D eigenvalue weighted by Crippen LogP contribution is 2.18. The third-order valence-corrected chi connectivity index (χ3v) is 4.16. The predicted octanol–water partition coefficient (Wildman–Crippen LogP) is 3.82. The van der Waals surface area contributed by atoms with Crippen LogP contribution < -0.4 is 5.32 Å². The Labute approximate surface area is 140 Å². The van der Waals surface area contributed by atoms with Gasteiger partial charge in [0.2, 0.25) is 0 Å². The number of benzene rings is 2. The second-order valence-corrected chi connectivity index (χ2v) is 6.03. The Morgan fingerprint density at radius 2 is 1.87 bits per heavy atom. The topological polar surface area (TPSA) is 55.4 Å². The standard InChI is InChI=1S/C18H19NO3S/c1-12-7-8-14(9-13(12)2)18(21)22-11-17(20)19-15-5-4-6-16(10-15)23-3/h4-10H,11H2,1-3H3,(H,19,20). The highest BCUT2D eigenvalue weighted by atomic mass is 32.2. The van der Waals surface area contributed by atoms with Gasteiger partial charge in [0.05, 0.1) is 5.56 Å². The summed E-state index contributed by atoms with van der Waals surface area (Å²) in [6.45, 7) is 3.59. The van der Waals surface area contributed by atoms with Gasteiger partial charge in [-0.05, 0) is 61.6 Å². The first kappa shape index (κ1) is 17.1. The quantitative estimate of drug-likeness (QED) is 0.669. The van der Waals surface area contributed by atoms with Crippen LogP contribution >= 0.6 is 11.8 Å². The third kappa shape index (κ3) is 4.86. The second kappa shape index (κ2) is 7.83. The van der Waals surface area contributed by atoms with Gasteiger partial charge in [-0.25, -0.2) is 4.79 Å². The molecule has 0 atom stereocenters. The Morgan fingerprint density at radius 3 is 2.57 bits per heavy atom. The molecule has 0 spiro atoms. The summed E-state index contributed by atoms with van der Waals surface area (Å²) in [5.41, 5.74) is 3.25. The molecular weight excluding hydrogens is 310 g/mol. The molecule has 1 N–H and O–H groups in total. The number of hydrogen-bond donors (Lipinski definition) is 1. The van der Waals surface area contributed by atoms with Gasteiger partial charge >= 0.3 is 5.97 Å². The number of rotatable bonds is 5. The third-order valence-electron chi connectivity index (χ3n) is 3.43. The molecule has 23 heavy (non-hydrogen) atoms. The van der Waals surface area contributed by atoms with Crippen molar-refractivity contribution >= 4 is 29.3 Å². The van der Waals surface area contributed by atoms with E-state index in [1.54, 1.807) is 30.0 Å². The van der Waals surface area contributed by atoms with Crippen LogP contribution in [0.1, 0.15) is 21.5 Å². The van der Waals surface area contributed by atoms with Crippen molar-refractivity contribution in [1.29, 1.82) is 0 Å². The van der Waals surface area contributed by atoms with Gasteiger partial charge in [0.15, 0.2) is 6.61 Å². The molecule has 0 unspecified atom stereocenters. The molecule has 0 heterocycles. The molecule has 0 saturated carbocycles. The fourth-order valence-corrected chi connectivity index (χ4v) is 2.44. The number of carbonyl (C=O) groups is 2. The van der Waals surface area contributed by atoms with E-state index in [1.165, 1.54) is 0 Å². The molecule has 0 aliphatic carbocycles. The van der Waals surface area contributed by atoms with E-state index in [1.807, 2.05) is 44.4 Å². The fourth-order valence-electron chi connectivity index (χ4n) is 1.98. The predicted molar refractivity (Wildman–Crippen MR) is 93.1 cm³/mol. The van der Waals surface area contributed by atoms with Crippen molar-refractivity contribution in [3.63, 3.8) is 0 Å². The van der Waals surface area contributed by atoms with E-state index in [0.29, 0.717) is 11.3 Å². The minimum atomic E-state index is -0.499. The lowest BCUT2D eigenvalue weighted by Gasteiger charge is -2.08. The van der Waals surface area contributed by atoms with Crippen molar-refractivity contribution in [3.8, 4) is 0 Å². The van der Waals surface area contributed by atoms with Crippen molar-refractivity contribution in [3.05, 3.63) is 59.2 Å². The van der Waals surface area contributed by atoms with Gasteiger partial charge in [-0.15, -0.1) is 11.8 Å². The van der Waals surface area contributed by atoms with Gasteiger partial charge in [-0.2, -0.15) is 0 Å². The van der Waals surface area contributed by atoms with Crippen LogP contribution in [0.4, 0.5) is 5.69 Å². The average molecular weight is 329 g/mol. The molecule has 0 saturated heterocycles. The van der Waals surface area contributed by atoms with Crippen molar-refractivity contribution in [1.82, 2.24) is 0 Å². The number of amides is 1. The summed E-state index contributed by atoms with van der Waals surface area (Å²) < 4.78 is 5.06. The maximum absolute atomic E-state index is 12.0. The molecule has 120 valence electrons. The molecule has 0 aliphatic rings. The fraction of sp³-hybridized carbons (Fsp3) is 0.222. The van der Waals surface area contributed by atoms with Crippen LogP contribution in [0.15, 0.2) is 47.4 Å². The molecule has 0 aromatic heterocycles. The van der Waals surface area contributed by atoms with E-state index in [0.717, 1.165) is 16.0 Å². The number of ether oxygens (including phenoxy) is 1. The first-order valence-corrected chi connectivity index (χ1v) is 8.40. The molecular formula is C18H19NO3S. The zero-order valence-electron chi connectivity index (χ0n) is 13.4. The van der Waals surface area contributed by atoms with Crippen LogP contribution in [0.5, 0.6) is 0 Å². The number of anilines is 1. The first-order chi connectivity index (χ1) is 11.0. The lowest BCUT2D eigenvalue weighted by atomic mass is 10.1. The maximum Gasteiger partial charge on any atom is 0.338 e. The minimum absolute atomic E-state index is 0.310. The van der Waals surface area contributed by atoms with E-state index in [2.05, 4.69) is 5.32 Å². The zero-order valence-corrected chi connectivity index (χ0v) is 14.2. The van der Waals surface area contributed by atoms with Gasteiger partial charge in [-0.1, -0.05) is 12.1 Å². The molecule has 1 amide bonds. The van der Waals surface area contributed by atoms with Crippen molar-refractivity contribution in [2.24, 2.45) is 0 Å². The van der Waals surface area contributed by atoms with Gasteiger partial charge in [-0.3, -0.25) is 4.79 Å². The maximum atomic E-state index is 12.0. The number of hydrogen-bond acceptors (Lipinski definition) is 4. The molecule has 0 aliphatic heterocycles. The van der Waals surface area contributed by atoms with Crippen molar-refractivity contribution < 1.29 is 14.3 Å². The molecule has 2 rings (SSSR count). The normalized spacial score (nSPS) is 10.2. The summed E-state index contributed by atoms with van der Waals surface area (Å²) in [5, 5.41) is 2.71. The van der Waals surface area contributed by atoms with Crippen LogP contribution in [0.25, 0.3) is 0 Å². The molecule has 5 heteroatoms. The molecule has 0 bridgehead atoms. The number of nitrogens with one attached hydrogen (secondary N) is 1. The largest absolute Gasteiger partial charge is 0.452 e. The van der Waals surface area contributed by atoms with Gasteiger partial charge in [0, 0.05) is 10.6 Å². The van der Waals surface area contributed by atoms with Crippen LogP contribution in [-0.2, 0) is 9.53 Å². The Hall–Kier alpha value is -2.27. The van der Waals surface area contributed by atoms with Crippen LogP contribution in [0.2, 0.25) is 0 Å². The van der Waals surface area contributed by atoms with Crippen LogP contribution in [-0.4, -0.2) is 24.7 Å². The summed E-state index contributed by atoms with van der Waals surface area (Å²) in [4.78, 5) is 24.9. The Kier molecular flexibility index (Phi) is 5.82. The van der Waals surface area contributed by atoms with Gasteiger partial charge in [0.25, 0.3) is 5.91 Å². The highest BCUT2D eigenvalue weighted by molar-refractivity contribution is 7.98. The second-order valence-electron chi connectivity index (χ2n) is 5.16. The lowest BCUT2D eigenvalue weighted by molar-refractivity contribution is -0.119. The Balaban J connectivity index is 1.90. The molecule has 0 fully saturated rings. The molecule has 4 nitrogen and oxygen atoms in total. The molecule has 2 aromatic rings. The SMILES string of the molecule is CSc1cccc(NC(=O)COC(=O)c2ccc(C)c(C)c2)c1. The zero-order chi connectivity index (χ0) is 16.8. The summed E-state index contributed by atoms with van der Waals surface area (Å²) in [7, 11) is 0. The van der Waals surface area contributed by atoms with E-state index < -0.39 is 5.97 Å². The summed E-state index contributed by atoms with van der Waals surface area (Å²) in [6.07, 6.45) is 1.96. The number of thioether (sulfide) groups is 1. The van der Waals surface area contributed by atoms with E-state index in [4.69, 9.17) is 4.74 Å². The number of carbonyl (C=O) groups excluding carboxylic acids is 2. The van der Waals surface area contributed by atoms with Gasteiger partial charge < -0.3 is 10.1 Å². The summed E-state index contributed by atoms with van der Waals surface area (Å²) >= 11 is 1.59. The Morgan fingerprint density at radius 1 is 1.09 bits per heavy atom. The minimum Gasteiger partial charge on any atom is -0.452 e. The molecule has 0 radical (unpaired) electrons. The van der Waals surface area contributed by atoms with Crippen LogP contribution in [0.3, 0.4) is 0 Å². The number of aryl methyl sites for hydroxylation is 2. The monoisotopic (exact) mass is 329 g/mol. The average Bonchev–Trinajstić information content (AvgIpc) is 2.55. The van der Waals surface area contributed by atoms with Crippen LogP contribution in [0, 0.1) is 13.8 Å².